The Balaban J connectivity index is 2.42. The van der Waals surface area contributed by atoms with E-state index in [9.17, 15) is 14.4 Å². The quantitative estimate of drug-likeness (QED) is 0.764. The molecule has 1 atom stereocenters. The molecule has 0 aliphatic rings. The van der Waals surface area contributed by atoms with Crippen LogP contribution in [0.4, 0.5) is 4.79 Å². The standard InChI is InChI=1S/C13H16N2O5/c1-8-5-3-4-6-10(8)19-7-11(16)20-9(2)12(17)15-13(14)18/h3-6,9H,7H2,1-2H3,(H3,14,15,17,18)/t9-/m0/s1. The van der Waals surface area contributed by atoms with Crippen LogP contribution >= 0.6 is 0 Å². The molecule has 7 nitrogen and oxygen atoms in total. The number of para-hydroxylation sites is 1. The van der Waals surface area contributed by atoms with Gasteiger partial charge in [-0.15, -0.1) is 0 Å². The number of primary amides is 1. The average molecular weight is 280 g/mol. The van der Waals surface area contributed by atoms with Gasteiger partial charge in [0.25, 0.3) is 5.91 Å². The van der Waals surface area contributed by atoms with Gasteiger partial charge in [0.1, 0.15) is 5.75 Å². The Bertz CT molecular complexity index is 515. The molecule has 3 N–H and O–H groups in total. The van der Waals surface area contributed by atoms with Crippen LogP contribution in [0.1, 0.15) is 12.5 Å². The molecule has 7 heteroatoms. The van der Waals surface area contributed by atoms with E-state index in [1.807, 2.05) is 24.4 Å². The van der Waals surface area contributed by atoms with Crippen LogP contribution in [0.3, 0.4) is 0 Å². The lowest BCUT2D eigenvalue weighted by molar-refractivity contribution is -0.156. The highest BCUT2D eigenvalue weighted by molar-refractivity contribution is 5.96. The number of carbonyl (C=O) groups excluding carboxylic acids is 3. The first kappa shape index (κ1) is 15.5. The molecule has 0 aliphatic heterocycles. The van der Waals surface area contributed by atoms with E-state index in [-0.39, 0.29) is 6.61 Å². The van der Waals surface area contributed by atoms with Gasteiger partial charge in [-0.25, -0.2) is 9.59 Å². The molecular formula is C13H16N2O5. The van der Waals surface area contributed by atoms with Crippen molar-refractivity contribution in [1.29, 1.82) is 0 Å². The Morgan fingerprint density at radius 1 is 1.30 bits per heavy atom. The van der Waals surface area contributed by atoms with Gasteiger partial charge in [0, 0.05) is 0 Å². The number of hydrogen-bond acceptors (Lipinski definition) is 5. The number of urea groups is 1. The minimum atomic E-state index is -1.13. The first-order chi connectivity index (χ1) is 9.40. The number of esters is 1. The summed E-state index contributed by atoms with van der Waals surface area (Å²) < 4.78 is 10.1. The van der Waals surface area contributed by atoms with Gasteiger partial charge in [-0.05, 0) is 25.5 Å². The number of amides is 3. The van der Waals surface area contributed by atoms with E-state index < -0.39 is 24.0 Å². The fourth-order valence-corrected chi connectivity index (χ4v) is 1.36. The topological polar surface area (TPSA) is 108 Å². The molecule has 1 aromatic rings. The normalized spacial score (nSPS) is 11.3. The van der Waals surface area contributed by atoms with Crippen LogP contribution in [0.25, 0.3) is 0 Å². The molecule has 0 radical (unpaired) electrons. The molecule has 1 rings (SSSR count). The van der Waals surface area contributed by atoms with Gasteiger partial charge >= 0.3 is 12.0 Å². The lowest BCUT2D eigenvalue weighted by atomic mass is 10.2. The number of nitrogens with two attached hydrogens (primary N) is 1. The molecule has 1 aromatic carbocycles. The maximum atomic E-state index is 11.5. The van der Waals surface area contributed by atoms with Crippen molar-refractivity contribution in [2.45, 2.75) is 20.0 Å². The molecule has 0 saturated carbocycles. The molecule has 0 spiro atoms. The van der Waals surface area contributed by atoms with E-state index in [2.05, 4.69) is 0 Å². The Morgan fingerprint density at radius 2 is 1.95 bits per heavy atom. The molecule has 108 valence electrons. The summed E-state index contributed by atoms with van der Waals surface area (Å²) in [5.41, 5.74) is 5.65. The van der Waals surface area contributed by atoms with Crippen molar-refractivity contribution in [2.75, 3.05) is 6.61 Å². The van der Waals surface area contributed by atoms with Crippen LogP contribution in [0.15, 0.2) is 24.3 Å². The van der Waals surface area contributed by atoms with Crippen molar-refractivity contribution in [2.24, 2.45) is 5.73 Å². The van der Waals surface area contributed by atoms with Gasteiger partial charge in [-0.2, -0.15) is 0 Å². The minimum absolute atomic E-state index is 0.334. The van der Waals surface area contributed by atoms with Crippen LogP contribution in [0.5, 0.6) is 5.75 Å². The number of ether oxygens (including phenoxy) is 2. The smallest absolute Gasteiger partial charge is 0.344 e. The number of carbonyl (C=O) groups is 3. The lowest BCUT2D eigenvalue weighted by Gasteiger charge is -2.13. The van der Waals surface area contributed by atoms with Crippen LogP contribution in [0.2, 0.25) is 0 Å². The third kappa shape index (κ3) is 4.97. The molecule has 0 bridgehead atoms. The predicted molar refractivity (Wildman–Crippen MR) is 70.0 cm³/mol. The molecule has 0 heterocycles. The number of aryl methyl sites for hydroxylation is 1. The first-order valence-electron chi connectivity index (χ1n) is 5.88. The average Bonchev–Trinajstić information content (AvgIpc) is 2.37. The van der Waals surface area contributed by atoms with Crippen molar-refractivity contribution in [3.8, 4) is 5.75 Å². The summed E-state index contributed by atoms with van der Waals surface area (Å²) in [5, 5.41) is 1.81. The predicted octanol–water partition coefficient (Wildman–Crippen LogP) is 0.500. The SMILES string of the molecule is Cc1ccccc1OCC(=O)O[C@@H](C)C(=O)NC(N)=O. The van der Waals surface area contributed by atoms with Gasteiger partial charge in [0.15, 0.2) is 12.7 Å². The van der Waals surface area contributed by atoms with E-state index in [0.29, 0.717) is 5.75 Å². The zero-order valence-electron chi connectivity index (χ0n) is 11.2. The Hall–Kier alpha value is -2.57. The van der Waals surface area contributed by atoms with Crippen molar-refractivity contribution >= 4 is 17.9 Å². The number of nitrogens with one attached hydrogen (secondary N) is 1. The molecule has 0 fully saturated rings. The zero-order chi connectivity index (χ0) is 15.1. The summed E-state index contributed by atoms with van der Waals surface area (Å²) in [6.07, 6.45) is -1.13. The van der Waals surface area contributed by atoms with E-state index in [0.717, 1.165) is 5.56 Å². The van der Waals surface area contributed by atoms with E-state index in [1.54, 1.807) is 12.1 Å². The summed E-state index contributed by atoms with van der Waals surface area (Å²) in [6.45, 7) is 2.83. The molecule has 0 aliphatic carbocycles. The highest BCUT2D eigenvalue weighted by Crippen LogP contribution is 2.15. The second-order valence-electron chi connectivity index (χ2n) is 4.04. The number of benzene rings is 1. The van der Waals surface area contributed by atoms with E-state index >= 15 is 0 Å². The molecule has 0 unspecified atom stereocenters. The van der Waals surface area contributed by atoms with Crippen LogP contribution < -0.4 is 15.8 Å². The van der Waals surface area contributed by atoms with E-state index in [4.69, 9.17) is 15.2 Å². The molecule has 0 aromatic heterocycles. The third-order valence-electron chi connectivity index (χ3n) is 2.36. The minimum Gasteiger partial charge on any atom is -0.482 e. The molecule has 3 amide bonds. The van der Waals surface area contributed by atoms with Gasteiger partial charge in [-0.3, -0.25) is 10.1 Å². The largest absolute Gasteiger partial charge is 0.482 e. The van der Waals surface area contributed by atoms with Crippen LogP contribution in [-0.2, 0) is 14.3 Å². The lowest BCUT2D eigenvalue weighted by Crippen LogP contribution is -2.42. The van der Waals surface area contributed by atoms with Gasteiger partial charge in [0.05, 0.1) is 0 Å². The second-order valence-corrected chi connectivity index (χ2v) is 4.04. The third-order valence-corrected chi connectivity index (χ3v) is 2.36. The number of rotatable bonds is 5. The van der Waals surface area contributed by atoms with Gasteiger partial charge in [-0.1, -0.05) is 18.2 Å². The fourth-order valence-electron chi connectivity index (χ4n) is 1.36. The number of imide groups is 1. The summed E-state index contributed by atoms with van der Waals surface area (Å²) in [7, 11) is 0. The van der Waals surface area contributed by atoms with Crippen LogP contribution in [-0.4, -0.2) is 30.6 Å². The Morgan fingerprint density at radius 3 is 2.55 bits per heavy atom. The summed E-state index contributed by atoms with van der Waals surface area (Å²) in [4.78, 5) is 33.2. The summed E-state index contributed by atoms with van der Waals surface area (Å²) in [6, 6.07) is 6.16. The van der Waals surface area contributed by atoms with Crippen LogP contribution in [0, 0.1) is 6.92 Å². The van der Waals surface area contributed by atoms with Gasteiger partial charge in [0.2, 0.25) is 0 Å². The van der Waals surface area contributed by atoms with Gasteiger partial charge < -0.3 is 15.2 Å². The highest BCUT2D eigenvalue weighted by atomic mass is 16.6. The zero-order valence-corrected chi connectivity index (χ0v) is 11.2. The maximum absolute atomic E-state index is 11.5. The first-order valence-corrected chi connectivity index (χ1v) is 5.88. The van der Waals surface area contributed by atoms with Crippen molar-refractivity contribution in [1.82, 2.24) is 5.32 Å². The Labute approximate surface area is 116 Å². The Kier molecular flexibility index (Phi) is 5.52. The maximum Gasteiger partial charge on any atom is 0.344 e. The summed E-state index contributed by atoms with van der Waals surface area (Å²) in [5.74, 6) is -0.958. The van der Waals surface area contributed by atoms with Crippen molar-refractivity contribution in [3.05, 3.63) is 29.8 Å². The fraction of sp³-hybridized carbons (Fsp3) is 0.308. The summed E-state index contributed by atoms with van der Waals surface area (Å²) >= 11 is 0. The molecule has 0 saturated heterocycles. The van der Waals surface area contributed by atoms with Crippen molar-refractivity contribution in [3.63, 3.8) is 0 Å². The monoisotopic (exact) mass is 280 g/mol. The molecular weight excluding hydrogens is 264 g/mol. The molecule has 20 heavy (non-hydrogen) atoms. The number of hydrogen-bond donors (Lipinski definition) is 2. The van der Waals surface area contributed by atoms with Crippen molar-refractivity contribution < 1.29 is 23.9 Å². The highest BCUT2D eigenvalue weighted by Gasteiger charge is 2.19. The second kappa shape index (κ2) is 7.13. The van der Waals surface area contributed by atoms with E-state index in [1.165, 1.54) is 6.92 Å².